The average molecular weight is 460 g/mol. The van der Waals surface area contributed by atoms with E-state index in [9.17, 15) is 18.0 Å². The van der Waals surface area contributed by atoms with Crippen LogP contribution in [0.25, 0.3) is 22.6 Å². The van der Waals surface area contributed by atoms with Crippen molar-refractivity contribution in [2.24, 2.45) is 0 Å². The van der Waals surface area contributed by atoms with Gasteiger partial charge in [0, 0.05) is 18.2 Å². The van der Waals surface area contributed by atoms with Gasteiger partial charge in [0.25, 0.3) is 5.91 Å². The molecule has 13 heteroatoms. The summed E-state index contributed by atoms with van der Waals surface area (Å²) >= 11 is 0. The lowest BCUT2D eigenvalue weighted by Gasteiger charge is -2.13. The Morgan fingerprint density at radius 2 is 2.06 bits per heavy atom. The van der Waals surface area contributed by atoms with E-state index in [1.165, 1.54) is 18.5 Å². The lowest BCUT2D eigenvalue weighted by molar-refractivity contribution is -0.137. The molecule has 0 spiro atoms. The van der Waals surface area contributed by atoms with Gasteiger partial charge in [-0.1, -0.05) is 5.16 Å². The minimum atomic E-state index is -4.46. The fourth-order valence-electron chi connectivity index (χ4n) is 3.22. The summed E-state index contributed by atoms with van der Waals surface area (Å²) in [7, 11) is 1.70. The molecule has 4 rings (SSSR count). The predicted octanol–water partition coefficient (Wildman–Crippen LogP) is 2.82. The summed E-state index contributed by atoms with van der Waals surface area (Å²) in [5, 5.41) is 9.58. The summed E-state index contributed by atoms with van der Waals surface area (Å²) in [5.74, 6) is 0.255. The van der Waals surface area contributed by atoms with Crippen molar-refractivity contribution >= 4 is 22.8 Å². The molecule has 3 aromatic heterocycles. The Morgan fingerprint density at radius 3 is 2.79 bits per heavy atom. The van der Waals surface area contributed by atoms with E-state index in [1.807, 2.05) is 0 Å². The maximum Gasteiger partial charge on any atom is 0.416 e. The number of amides is 1. The van der Waals surface area contributed by atoms with Gasteiger partial charge in [0.15, 0.2) is 11.6 Å². The second-order valence-corrected chi connectivity index (χ2v) is 7.24. The molecule has 0 unspecified atom stereocenters. The third-order valence-corrected chi connectivity index (χ3v) is 4.90. The summed E-state index contributed by atoms with van der Waals surface area (Å²) in [4.78, 5) is 27.7. The molecule has 10 nitrogen and oxygen atoms in total. The number of H-pyrrole nitrogens is 1. The van der Waals surface area contributed by atoms with Gasteiger partial charge < -0.3 is 25.9 Å². The Bertz CT molecular complexity index is 1310. The molecule has 4 aromatic rings. The van der Waals surface area contributed by atoms with Gasteiger partial charge in [0.1, 0.15) is 23.5 Å². The van der Waals surface area contributed by atoms with Crippen molar-refractivity contribution in [3.8, 4) is 11.5 Å². The number of carbonyl (C=O) groups excluding carboxylic acids is 1. The monoisotopic (exact) mass is 460 g/mol. The van der Waals surface area contributed by atoms with Crippen LogP contribution in [0.4, 0.5) is 19.0 Å². The van der Waals surface area contributed by atoms with E-state index in [2.05, 4.69) is 35.7 Å². The van der Waals surface area contributed by atoms with Crippen LogP contribution >= 0.6 is 0 Å². The molecule has 0 fully saturated rings. The Balaban J connectivity index is 1.54. The fraction of sp³-hybridized carbons (Fsp3) is 0.250. The molecular formula is C20H19F3N8O2. The zero-order valence-corrected chi connectivity index (χ0v) is 17.5. The van der Waals surface area contributed by atoms with Crippen LogP contribution in [-0.2, 0) is 12.7 Å². The first-order valence-electron chi connectivity index (χ1n) is 9.76. The number of fused-ring (bicyclic) bond motifs is 1. The van der Waals surface area contributed by atoms with Crippen molar-refractivity contribution in [2.45, 2.75) is 25.7 Å². The molecule has 1 atom stereocenters. The Labute approximate surface area is 184 Å². The number of alkyl halides is 3. The van der Waals surface area contributed by atoms with Crippen molar-refractivity contribution in [1.82, 2.24) is 35.7 Å². The van der Waals surface area contributed by atoms with Gasteiger partial charge in [-0.3, -0.25) is 4.79 Å². The number of halogens is 3. The van der Waals surface area contributed by atoms with Gasteiger partial charge in [-0.25, -0.2) is 15.0 Å². The van der Waals surface area contributed by atoms with Crippen molar-refractivity contribution in [3.63, 3.8) is 0 Å². The number of aromatic amines is 1. The molecule has 33 heavy (non-hydrogen) atoms. The highest BCUT2D eigenvalue weighted by Crippen LogP contribution is 2.32. The lowest BCUT2D eigenvalue weighted by atomic mass is 10.1. The zero-order valence-electron chi connectivity index (χ0n) is 17.5. The first-order chi connectivity index (χ1) is 15.7. The molecule has 0 saturated heterocycles. The number of nitrogens with one attached hydrogen (secondary N) is 3. The Kier molecular flexibility index (Phi) is 5.72. The number of imidazole rings is 1. The molecule has 5 N–H and O–H groups in total. The van der Waals surface area contributed by atoms with Crippen molar-refractivity contribution in [2.75, 3.05) is 12.8 Å². The quantitative estimate of drug-likeness (QED) is 0.343. The maximum absolute atomic E-state index is 12.9. The number of carbonyl (C=O) groups is 1. The van der Waals surface area contributed by atoms with E-state index >= 15 is 0 Å². The van der Waals surface area contributed by atoms with E-state index < -0.39 is 23.7 Å². The summed E-state index contributed by atoms with van der Waals surface area (Å²) in [5.41, 5.74) is 6.49. The smallest absolute Gasteiger partial charge is 0.383 e. The molecule has 0 bridgehead atoms. The van der Waals surface area contributed by atoms with E-state index in [1.54, 1.807) is 14.0 Å². The Hall–Kier alpha value is -4.00. The van der Waals surface area contributed by atoms with Crippen molar-refractivity contribution < 1.29 is 22.5 Å². The summed E-state index contributed by atoms with van der Waals surface area (Å²) in [6.07, 6.45) is -3.26. The second kappa shape index (κ2) is 8.50. The van der Waals surface area contributed by atoms with Crippen LogP contribution in [0.15, 0.2) is 35.1 Å². The van der Waals surface area contributed by atoms with Gasteiger partial charge >= 0.3 is 6.18 Å². The first kappa shape index (κ1) is 22.2. The van der Waals surface area contributed by atoms with Crippen molar-refractivity contribution in [1.29, 1.82) is 0 Å². The first-order valence-corrected chi connectivity index (χ1v) is 9.76. The molecule has 1 aromatic carbocycles. The number of aromatic nitrogens is 5. The molecule has 172 valence electrons. The number of hydrogen-bond donors (Lipinski definition) is 4. The number of nitrogens with zero attached hydrogens (tertiary/aromatic N) is 4. The van der Waals surface area contributed by atoms with E-state index in [-0.39, 0.29) is 28.5 Å². The van der Waals surface area contributed by atoms with E-state index in [0.29, 0.717) is 23.4 Å². The SMILES string of the molecule is CNCc1c(N)ncnc1C(=O)N[C@@H](C)c1cc(-c2nc3ccc(C(F)(F)F)cc3[nH]2)no1. The number of benzene rings is 1. The van der Waals surface area contributed by atoms with E-state index in [4.69, 9.17) is 10.3 Å². The molecule has 0 aliphatic rings. The van der Waals surface area contributed by atoms with Crippen LogP contribution in [0.5, 0.6) is 0 Å². The minimum absolute atomic E-state index is 0.126. The Morgan fingerprint density at radius 1 is 1.27 bits per heavy atom. The minimum Gasteiger partial charge on any atom is -0.383 e. The maximum atomic E-state index is 12.9. The fourth-order valence-corrected chi connectivity index (χ4v) is 3.22. The largest absolute Gasteiger partial charge is 0.416 e. The van der Waals surface area contributed by atoms with E-state index in [0.717, 1.165) is 12.1 Å². The summed E-state index contributed by atoms with van der Waals surface area (Å²) in [6, 6.07) is 4.15. The molecular weight excluding hydrogens is 441 g/mol. The van der Waals surface area contributed by atoms with Gasteiger partial charge in [0.05, 0.1) is 22.6 Å². The van der Waals surface area contributed by atoms with Crippen LogP contribution in [0.1, 0.15) is 40.3 Å². The van der Waals surface area contributed by atoms with Crippen molar-refractivity contribution in [3.05, 3.63) is 53.2 Å². The summed E-state index contributed by atoms with van der Waals surface area (Å²) in [6.45, 7) is 1.98. The zero-order chi connectivity index (χ0) is 23.8. The molecule has 0 aliphatic heterocycles. The van der Waals surface area contributed by atoms with Gasteiger partial charge in [0.2, 0.25) is 0 Å². The number of nitrogen functional groups attached to an aromatic ring is 1. The van der Waals surface area contributed by atoms with Crippen LogP contribution in [-0.4, -0.2) is 38.0 Å². The number of hydrogen-bond acceptors (Lipinski definition) is 8. The van der Waals surface area contributed by atoms with Crippen LogP contribution in [0, 0.1) is 0 Å². The normalized spacial score (nSPS) is 12.8. The molecule has 3 heterocycles. The third-order valence-electron chi connectivity index (χ3n) is 4.90. The van der Waals surface area contributed by atoms with Crippen LogP contribution in [0.2, 0.25) is 0 Å². The molecule has 1 amide bonds. The third kappa shape index (κ3) is 4.48. The number of nitrogens with two attached hydrogens (primary N) is 1. The standard InChI is InChI=1S/C20H19F3N8O2/c1-9(28-19(32)16-11(7-25-2)17(24)27-8-26-16)15-6-14(31-33-15)18-29-12-4-3-10(20(21,22)23)5-13(12)30-18/h3-6,8-9,25H,7H2,1-2H3,(H,28,32)(H,29,30)(H2,24,26,27)/t9-/m0/s1. The topological polar surface area (TPSA) is 148 Å². The highest BCUT2D eigenvalue weighted by Gasteiger charge is 2.31. The van der Waals surface area contributed by atoms with Gasteiger partial charge in [-0.05, 0) is 32.2 Å². The molecule has 0 aliphatic carbocycles. The average Bonchev–Trinajstić information content (AvgIpc) is 3.41. The van der Waals surface area contributed by atoms with Crippen LogP contribution in [0.3, 0.4) is 0 Å². The van der Waals surface area contributed by atoms with Gasteiger partial charge in [-0.2, -0.15) is 13.2 Å². The number of anilines is 1. The second-order valence-electron chi connectivity index (χ2n) is 7.24. The highest BCUT2D eigenvalue weighted by atomic mass is 19.4. The number of rotatable bonds is 6. The molecule has 0 radical (unpaired) electrons. The predicted molar refractivity (Wildman–Crippen MR) is 112 cm³/mol. The van der Waals surface area contributed by atoms with Gasteiger partial charge in [-0.15, -0.1) is 0 Å². The highest BCUT2D eigenvalue weighted by molar-refractivity contribution is 5.94. The molecule has 0 saturated carbocycles. The van der Waals surface area contributed by atoms with Crippen LogP contribution < -0.4 is 16.4 Å². The summed E-state index contributed by atoms with van der Waals surface area (Å²) < 4.78 is 44.1. The lowest BCUT2D eigenvalue weighted by Crippen LogP contribution is -2.29.